The van der Waals surface area contributed by atoms with Crippen LogP contribution in [0.15, 0.2) is 60.7 Å². The summed E-state index contributed by atoms with van der Waals surface area (Å²) >= 11 is 0. The molecular weight excluding hydrogens is 334 g/mol. The molecule has 0 aromatic heterocycles. The van der Waals surface area contributed by atoms with Crippen LogP contribution in [0.4, 0.5) is 0 Å². The van der Waals surface area contributed by atoms with Crippen LogP contribution in [0.5, 0.6) is 0 Å². The van der Waals surface area contributed by atoms with Gasteiger partial charge < -0.3 is 4.74 Å². The summed E-state index contributed by atoms with van der Waals surface area (Å²) in [5.74, 6) is 2.35. The van der Waals surface area contributed by atoms with Gasteiger partial charge in [-0.3, -0.25) is 0 Å². The molecule has 0 bridgehead atoms. The van der Waals surface area contributed by atoms with E-state index in [2.05, 4.69) is 17.2 Å². The third-order valence-corrected chi connectivity index (χ3v) is 5.84. The Labute approximate surface area is 150 Å². The minimum atomic E-state index is -3.76. The molecule has 2 rings (SSSR count). The molecule has 25 heavy (non-hydrogen) atoms. The van der Waals surface area contributed by atoms with Gasteiger partial charge in [-0.15, -0.1) is 13.0 Å². The van der Waals surface area contributed by atoms with E-state index in [-0.39, 0.29) is 19.6 Å². The third-order valence-electron chi connectivity index (χ3n) is 3.93. The first-order chi connectivity index (χ1) is 11.9. The molecule has 0 amide bonds. The molecule has 1 atom stereocenters. The summed E-state index contributed by atoms with van der Waals surface area (Å²) in [4.78, 5) is -1.49. The van der Waals surface area contributed by atoms with Gasteiger partial charge in [-0.2, -0.15) is 0 Å². The van der Waals surface area contributed by atoms with E-state index in [1.54, 1.807) is 12.2 Å². The largest absolute Gasteiger partial charge is 0.341 e. The zero-order valence-electron chi connectivity index (χ0n) is 14.4. The minimum absolute atomic E-state index is 0.0831. The summed E-state index contributed by atoms with van der Waals surface area (Å²) in [5.41, 5.74) is 2.89. The lowest BCUT2D eigenvalue weighted by atomic mass is 9.98. The summed E-state index contributed by atoms with van der Waals surface area (Å²) in [6.45, 7) is 5.83. The van der Waals surface area contributed by atoms with E-state index in [1.165, 1.54) is 0 Å². The highest BCUT2D eigenvalue weighted by molar-refractivity contribution is 7.90. The number of sulfonamides is 1. The second kappa shape index (κ2) is 8.30. The lowest BCUT2D eigenvalue weighted by Crippen LogP contribution is -2.47. The third kappa shape index (κ3) is 4.70. The smallest absolute Gasteiger partial charge is 0.245 e. The molecule has 1 aliphatic carbocycles. The number of terminal acetylenes is 1. The standard InChI is InChI=1S/C20H23NO3S/c1-4-16-24-20(25(22,23)21-15-12-17(2)3)13-10-19(11-14-20)18-8-6-5-7-9-18/h1,5-11,13,21H,2,12,14-16H2,3H3. The maximum absolute atomic E-state index is 12.8. The van der Waals surface area contributed by atoms with E-state index in [0.29, 0.717) is 6.42 Å². The van der Waals surface area contributed by atoms with Gasteiger partial charge >= 0.3 is 0 Å². The lowest BCUT2D eigenvalue weighted by molar-refractivity contribution is 0.0770. The van der Waals surface area contributed by atoms with E-state index in [1.807, 2.05) is 43.3 Å². The number of rotatable bonds is 8. The molecule has 0 aliphatic heterocycles. The van der Waals surface area contributed by atoms with Crippen molar-refractivity contribution in [2.45, 2.75) is 24.7 Å². The first-order valence-electron chi connectivity index (χ1n) is 8.06. The summed E-state index contributed by atoms with van der Waals surface area (Å²) in [6, 6.07) is 9.77. The van der Waals surface area contributed by atoms with E-state index in [0.717, 1.165) is 16.7 Å². The SMILES string of the molecule is C#CCOC1(S(=O)(=O)NCCC(=C)C)C=CC(c2ccccc2)=CC1. The highest BCUT2D eigenvalue weighted by Crippen LogP contribution is 2.33. The molecule has 132 valence electrons. The lowest BCUT2D eigenvalue weighted by Gasteiger charge is -2.31. The van der Waals surface area contributed by atoms with Crippen LogP contribution >= 0.6 is 0 Å². The van der Waals surface area contributed by atoms with Crippen molar-refractivity contribution in [2.75, 3.05) is 13.2 Å². The van der Waals surface area contributed by atoms with E-state index < -0.39 is 15.0 Å². The van der Waals surface area contributed by atoms with Gasteiger partial charge in [0.15, 0.2) is 0 Å². The summed E-state index contributed by atoms with van der Waals surface area (Å²) in [7, 11) is -3.76. The van der Waals surface area contributed by atoms with Crippen LogP contribution in [0.25, 0.3) is 5.57 Å². The van der Waals surface area contributed by atoms with Gasteiger partial charge in [0.1, 0.15) is 6.61 Å². The van der Waals surface area contributed by atoms with Gasteiger partial charge in [-0.1, -0.05) is 54.0 Å². The van der Waals surface area contributed by atoms with Gasteiger partial charge in [0, 0.05) is 13.0 Å². The van der Waals surface area contributed by atoms with Crippen molar-refractivity contribution in [3.05, 3.63) is 66.3 Å². The van der Waals surface area contributed by atoms with Crippen LogP contribution in [-0.4, -0.2) is 26.5 Å². The van der Waals surface area contributed by atoms with Crippen LogP contribution in [-0.2, 0) is 14.8 Å². The summed E-state index contributed by atoms with van der Waals surface area (Å²) in [6.07, 6.45) is 11.2. The van der Waals surface area contributed by atoms with Crippen LogP contribution in [0.2, 0.25) is 0 Å². The van der Waals surface area contributed by atoms with Crippen molar-refractivity contribution in [3.63, 3.8) is 0 Å². The Bertz CT molecular complexity index is 816. The van der Waals surface area contributed by atoms with Crippen LogP contribution in [0.1, 0.15) is 25.3 Å². The Balaban J connectivity index is 2.23. The number of benzene rings is 1. The molecular formula is C20H23NO3S. The first-order valence-corrected chi connectivity index (χ1v) is 9.54. The highest BCUT2D eigenvalue weighted by Gasteiger charge is 2.43. The maximum atomic E-state index is 12.8. The molecule has 5 heteroatoms. The Hall–Kier alpha value is -2.13. The molecule has 1 unspecified atom stereocenters. The Morgan fingerprint density at radius 1 is 1.40 bits per heavy atom. The fourth-order valence-corrected chi connectivity index (χ4v) is 3.90. The van der Waals surface area contributed by atoms with Crippen molar-refractivity contribution in [1.29, 1.82) is 0 Å². The molecule has 1 N–H and O–H groups in total. The molecule has 0 radical (unpaired) electrons. The van der Waals surface area contributed by atoms with Gasteiger partial charge in [0.25, 0.3) is 0 Å². The summed E-state index contributed by atoms with van der Waals surface area (Å²) in [5, 5.41) is 0. The number of ether oxygens (including phenoxy) is 1. The normalized spacial score (nSPS) is 19.9. The van der Waals surface area contributed by atoms with E-state index in [9.17, 15) is 8.42 Å². The number of hydrogen-bond donors (Lipinski definition) is 1. The van der Waals surface area contributed by atoms with Gasteiger partial charge in [0.05, 0.1) is 0 Å². The Morgan fingerprint density at radius 2 is 2.12 bits per heavy atom. The summed E-state index contributed by atoms with van der Waals surface area (Å²) < 4.78 is 33.8. The van der Waals surface area contributed by atoms with Gasteiger partial charge in [-0.25, -0.2) is 13.1 Å². The molecule has 0 heterocycles. The number of hydrogen-bond acceptors (Lipinski definition) is 3. The average Bonchev–Trinajstić information content (AvgIpc) is 2.60. The maximum Gasteiger partial charge on any atom is 0.245 e. The van der Waals surface area contributed by atoms with E-state index in [4.69, 9.17) is 11.2 Å². The predicted octanol–water partition coefficient (Wildman–Crippen LogP) is 3.26. The van der Waals surface area contributed by atoms with E-state index >= 15 is 0 Å². The van der Waals surface area contributed by atoms with Gasteiger partial charge in [0.2, 0.25) is 15.0 Å². The van der Waals surface area contributed by atoms with Crippen molar-refractivity contribution in [2.24, 2.45) is 0 Å². The monoisotopic (exact) mass is 357 g/mol. The van der Waals surface area contributed by atoms with Crippen LogP contribution in [0, 0.1) is 12.3 Å². The molecule has 1 aromatic carbocycles. The fourth-order valence-electron chi connectivity index (χ4n) is 2.52. The van der Waals surface area contributed by atoms with Crippen LogP contribution < -0.4 is 4.72 Å². The predicted molar refractivity (Wildman–Crippen MR) is 102 cm³/mol. The second-order valence-corrected chi connectivity index (χ2v) is 7.96. The molecule has 0 spiro atoms. The fraction of sp³-hybridized carbons (Fsp3) is 0.300. The zero-order chi connectivity index (χ0) is 18.3. The quantitative estimate of drug-likeness (QED) is 0.574. The number of allylic oxidation sites excluding steroid dienone is 2. The number of nitrogens with one attached hydrogen (secondary N) is 1. The second-order valence-electron chi connectivity index (χ2n) is 5.97. The molecule has 4 nitrogen and oxygen atoms in total. The average molecular weight is 357 g/mol. The van der Waals surface area contributed by atoms with Crippen molar-refractivity contribution in [1.82, 2.24) is 4.72 Å². The zero-order valence-corrected chi connectivity index (χ0v) is 15.2. The van der Waals surface area contributed by atoms with Crippen molar-refractivity contribution < 1.29 is 13.2 Å². The van der Waals surface area contributed by atoms with Crippen LogP contribution in [0.3, 0.4) is 0 Å². The molecule has 0 fully saturated rings. The topological polar surface area (TPSA) is 55.4 Å². The highest BCUT2D eigenvalue weighted by atomic mass is 32.2. The van der Waals surface area contributed by atoms with Crippen molar-refractivity contribution >= 4 is 15.6 Å². The van der Waals surface area contributed by atoms with Gasteiger partial charge in [-0.05, 0) is 30.6 Å². The minimum Gasteiger partial charge on any atom is -0.341 e. The molecule has 1 aromatic rings. The first kappa shape index (κ1) is 19.2. The molecule has 0 saturated heterocycles. The molecule has 0 saturated carbocycles. The Kier molecular flexibility index (Phi) is 6.38. The van der Waals surface area contributed by atoms with Crippen molar-refractivity contribution in [3.8, 4) is 12.3 Å². The molecule has 1 aliphatic rings. The Morgan fingerprint density at radius 3 is 2.68 bits per heavy atom.